The summed E-state index contributed by atoms with van der Waals surface area (Å²) in [5, 5.41) is 0. The molecule has 0 unspecified atom stereocenters. The fourth-order valence-corrected chi connectivity index (χ4v) is 5.93. The molecular formula is C22H38. The maximum atomic E-state index is 2.46. The zero-order valence-electron chi connectivity index (χ0n) is 15.1. The van der Waals surface area contributed by atoms with Gasteiger partial charge in [-0.2, -0.15) is 0 Å². The highest BCUT2D eigenvalue weighted by Crippen LogP contribution is 2.45. The van der Waals surface area contributed by atoms with Gasteiger partial charge in [0.2, 0.25) is 0 Å². The van der Waals surface area contributed by atoms with Crippen molar-refractivity contribution in [2.75, 3.05) is 0 Å². The fourth-order valence-electron chi connectivity index (χ4n) is 5.93. The van der Waals surface area contributed by atoms with Crippen molar-refractivity contribution in [2.45, 2.75) is 90.9 Å². The summed E-state index contributed by atoms with van der Waals surface area (Å²) in [5.74, 6) is 6.28. The summed E-state index contributed by atoms with van der Waals surface area (Å²) < 4.78 is 0. The third-order valence-corrected chi connectivity index (χ3v) is 7.49. The number of hydrogen-bond donors (Lipinski definition) is 0. The molecule has 22 heavy (non-hydrogen) atoms. The molecule has 0 aromatic carbocycles. The topological polar surface area (TPSA) is 0 Å². The first kappa shape index (κ1) is 16.6. The molecule has 0 radical (unpaired) electrons. The molecule has 0 bridgehead atoms. The molecule has 0 aromatic heterocycles. The lowest BCUT2D eigenvalue weighted by Gasteiger charge is -2.41. The molecule has 0 atom stereocenters. The number of rotatable bonds is 3. The van der Waals surface area contributed by atoms with Crippen LogP contribution in [-0.4, -0.2) is 0 Å². The van der Waals surface area contributed by atoms with Crippen LogP contribution in [-0.2, 0) is 0 Å². The first-order valence-corrected chi connectivity index (χ1v) is 10.4. The second kappa shape index (κ2) is 8.02. The minimum Gasteiger partial charge on any atom is -0.0914 e. The van der Waals surface area contributed by atoms with Crippen LogP contribution in [0.2, 0.25) is 0 Å². The van der Waals surface area contributed by atoms with Crippen LogP contribution in [0.25, 0.3) is 0 Å². The van der Waals surface area contributed by atoms with Crippen LogP contribution in [0, 0.1) is 35.5 Å². The zero-order chi connectivity index (χ0) is 15.4. The summed E-state index contributed by atoms with van der Waals surface area (Å²) in [4.78, 5) is 0. The Morgan fingerprint density at radius 1 is 0.545 bits per heavy atom. The Morgan fingerprint density at radius 3 is 1.32 bits per heavy atom. The van der Waals surface area contributed by atoms with Crippen molar-refractivity contribution in [2.24, 2.45) is 35.5 Å². The lowest BCUT2D eigenvalue weighted by molar-refractivity contribution is 0.110. The third kappa shape index (κ3) is 4.18. The third-order valence-electron chi connectivity index (χ3n) is 7.49. The van der Waals surface area contributed by atoms with Crippen molar-refractivity contribution < 1.29 is 0 Å². The van der Waals surface area contributed by atoms with Gasteiger partial charge in [-0.15, -0.1) is 0 Å². The fraction of sp³-hybridized carbons (Fsp3) is 0.909. The molecule has 0 amide bonds. The van der Waals surface area contributed by atoms with E-state index in [4.69, 9.17) is 0 Å². The average Bonchev–Trinajstić information content (AvgIpc) is 2.57. The average molecular weight is 303 g/mol. The van der Waals surface area contributed by atoms with Crippen molar-refractivity contribution in [1.82, 2.24) is 0 Å². The summed E-state index contributed by atoms with van der Waals surface area (Å²) in [7, 11) is 0. The second-order valence-corrected chi connectivity index (χ2v) is 8.90. The standard InChI is InChI=1S/C22H38/c1-3-4-18-7-11-20(12-8-18)22-15-13-21(14-16-22)19-9-5-17(2)6-10-19/h3-4,17-22H,5-16H2,1-2H3/b4-3+. The minimum absolute atomic E-state index is 0.904. The lowest BCUT2D eigenvalue weighted by Crippen LogP contribution is -2.29. The molecule has 3 fully saturated rings. The van der Waals surface area contributed by atoms with Crippen LogP contribution in [0.3, 0.4) is 0 Å². The largest absolute Gasteiger partial charge is 0.0914 e. The summed E-state index contributed by atoms with van der Waals surface area (Å²) in [6.07, 6.45) is 23.1. The van der Waals surface area contributed by atoms with Crippen LogP contribution in [0.5, 0.6) is 0 Å². The predicted octanol–water partition coefficient (Wildman–Crippen LogP) is 7.00. The van der Waals surface area contributed by atoms with E-state index in [1.54, 1.807) is 38.5 Å². The maximum Gasteiger partial charge on any atom is -0.0233 e. The van der Waals surface area contributed by atoms with Gasteiger partial charge in [-0.1, -0.05) is 31.9 Å². The van der Waals surface area contributed by atoms with Crippen LogP contribution in [0.1, 0.15) is 90.9 Å². The Kier molecular flexibility index (Phi) is 6.05. The van der Waals surface area contributed by atoms with Gasteiger partial charge in [-0.05, 0) is 107 Å². The van der Waals surface area contributed by atoms with Gasteiger partial charge < -0.3 is 0 Å². The van der Waals surface area contributed by atoms with Gasteiger partial charge in [0.25, 0.3) is 0 Å². The van der Waals surface area contributed by atoms with Gasteiger partial charge in [0, 0.05) is 0 Å². The van der Waals surface area contributed by atoms with E-state index >= 15 is 0 Å². The van der Waals surface area contributed by atoms with E-state index in [2.05, 4.69) is 26.0 Å². The smallest absolute Gasteiger partial charge is 0.0233 e. The van der Waals surface area contributed by atoms with E-state index in [9.17, 15) is 0 Å². The normalized spacial score (nSPS) is 44.3. The van der Waals surface area contributed by atoms with E-state index < -0.39 is 0 Å². The lowest BCUT2D eigenvalue weighted by atomic mass is 9.65. The molecule has 0 heterocycles. The Hall–Kier alpha value is -0.260. The maximum absolute atomic E-state index is 2.46. The van der Waals surface area contributed by atoms with Gasteiger partial charge in [-0.25, -0.2) is 0 Å². The molecule has 0 N–H and O–H groups in total. The molecule has 0 aliphatic heterocycles. The van der Waals surface area contributed by atoms with Crippen molar-refractivity contribution in [3.8, 4) is 0 Å². The molecule has 3 saturated carbocycles. The van der Waals surface area contributed by atoms with Gasteiger partial charge in [0.05, 0.1) is 0 Å². The summed E-state index contributed by atoms with van der Waals surface area (Å²) in [5.41, 5.74) is 0. The van der Waals surface area contributed by atoms with E-state index in [1.165, 1.54) is 38.5 Å². The quantitative estimate of drug-likeness (QED) is 0.492. The van der Waals surface area contributed by atoms with E-state index in [-0.39, 0.29) is 0 Å². The van der Waals surface area contributed by atoms with Gasteiger partial charge >= 0.3 is 0 Å². The molecule has 3 aliphatic rings. The Bertz CT molecular complexity index is 331. The molecule has 0 heteroatoms. The molecule has 3 aliphatic carbocycles. The van der Waals surface area contributed by atoms with E-state index in [0.717, 1.165) is 35.5 Å². The van der Waals surface area contributed by atoms with Gasteiger partial charge in [-0.3, -0.25) is 0 Å². The molecule has 0 aromatic rings. The highest BCUT2D eigenvalue weighted by atomic mass is 14.4. The minimum atomic E-state index is 0.904. The van der Waals surface area contributed by atoms with Crippen molar-refractivity contribution in [3.63, 3.8) is 0 Å². The highest BCUT2D eigenvalue weighted by Gasteiger charge is 2.33. The van der Waals surface area contributed by atoms with Crippen LogP contribution < -0.4 is 0 Å². The molecule has 3 rings (SSSR count). The van der Waals surface area contributed by atoms with Crippen LogP contribution in [0.15, 0.2) is 12.2 Å². The van der Waals surface area contributed by atoms with Crippen LogP contribution in [0.4, 0.5) is 0 Å². The highest BCUT2D eigenvalue weighted by molar-refractivity contribution is 4.91. The Balaban J connectivity index is 1.40. The summed E-state index contributed by atoms with van der Waals surface area (Å²) >= 11 is 0. The van der Waals surface area contributed by atoms with Crippen LogP contribution >= 0.6 is 0 Å². The first-order chi connectivity index (χ1) is 10.8. The Labute approximate surface area is 139 Å². The SMILES string of the molecule is C/C=C/C1CCC(C2CCC(C3CCC(C)CC3)CC2)CC1. The number of hydrogen-bond acceptors (Lipinski definition) is 0. The Morgan fingerprint density at radius 2 is 0.909 bits per heavy atom. The molecule has 0 spiro atoms. The summed E-state index contributed by atoms with van der Waals surface area (Å²) in [6.45, 7) is 4.64. The van der Waals surface area contributed by atoms with Crippen molar-refractivity contribution in [3.05, 3.63) is 12.2 Å². The number of allylic oxidation sites excluding steroid dienone is 2. The zero-order valence-corrected chi connectivity index (χ0v) is 15.1. The molecule has 126 valence electrons. The monoisotopic (exact) mass is 302 g/mol. The first-order valence-electron chi connectivity index (χ1n) is 10.4. The van der Waals surface area contributed by atoms with Gasteiger partial charge in [0.1, 0.15) is 0 Å². The second-order valence-electron chi connectivity index (χ2n) is 8.90. The van der Waals surface area contributed by atoms with Crippen molar-refractivity contribution >= 4 is 0 Å². The predicted molar refractivity (Wildman–Crippen MR) is 96.8 cm³/mol. The molecular weight excluding hydrogens is 264 g/mol. The molecule has 0 nitrogen and oxygen atoms in total. The van der Waals surface area contributed by atoms with Gasteiger partial charge in [0.15, 0.2) is 0 Å². The molecule has 0 saturated heterocycles. The van der Waals surface area contributed by atoms with E-state index in [0.29, 0.717) is 0 Å². The van der Waals surface area contributed by atoms with E-state index in [1.807, 2.05) is 0 Å². The summed E-state index contributed by atoms with van der Waals surface area (Å²) in [6, 6.07) is 0. The van der Waals surface area contributed by atoms with Crippen molar-refractivity contribution in [1.29, 1.82) is 0 Å².